The Morgan fingerprint density at radius 2 is 1.70 bits per heavy atom. The summed E-state index contributed by atoms with van der Waals surface area (Å²) in [5, 5.41) is 17.9. The van der Waals surface area contributed by atoms with E-state index >= 15 is 0 Å². The second kappa shape index (κ2) is 2.75. The molecule has 1 atom stereocenters. The molecule has 1 rings (SSSR count). The van der Waals surface area contributed by atoms with Crippen molar-refractivity contribution in [2.75, 3.05) is 0 Å². The van der Waals surface area contributed by atoms with E-state index in [1.807, 2.05) is 0 Å². The van der Waals surface area contributed by atoms with E-state index in [0.717, 1.165) is 5.56 Å². The van der Waals surface area contributed by atoms with Gasteiger partial charge >= 0.3 is 0 Å². The number of aliphatic hydroxyl groups excluding tert-OH is 1. The zero-order valence-electron chi connectivity index (χ0n) is 5.78. The first-order valence-electron chi connectivity index (χ1n) is 3.17. The molecule has 0 aromatic heterocycles. The molecule has 2 nitrogen and oxygen atoms in total. The van der Waals surface area contributed by atoms with E-state index in [9.17, 15) is 0 Å². The molecule has 3 heteroatoms. The lowest BCUT2D eigenvalue weighted by Gasteiger charge is -2.02. The summed E-state index contributed by atoms with van der Waals surface area (Å²) in [4.78, 5) is 0. The van der Waals surface area contributed by atoms with E-state index in [0.29, 0.717) is 0 Å². The number of hydrogen-bond donors (Lipinski definition) is 2. The van der Waals surface area contributed by atoms with Crippen LogP contribution < -0.4 is 0 Å². The van der Waals surface area contributed by atoms with Crippen molar-refractivity contribution in [2.24, 2.45) is 0 Å². The molecule has 0 saturated carbocycles. The zero-order valence-corrected chi connectivity index (χ0v) is 5.78. The molecule has 0 aliphatic rings. The van der Waals surface area contributed by atoms with Gasteiger partial charge in [0.15, 0.2) is 0 Å². The van der Waals surface area contributed by atoms with E-state index in [1.165, 1.54) is 0 Å². The third kappa shape index (κ3) is 1.51. The van der Waals surface area contributed by atoms with E-state index in [1.54, 1.807) is 32.1 Å². The molecule has 0 bridgehead atoms. The fourth-order valence-electron chi connectivity index (χ4n) is 0.753. The second-order valence-corrected chi connectivity index (χ2v) is 2.27. The van der Waals surface area contributed by atoms with Crippen LogP contribution in [0.15, 0.2) is 24.3 Å². The first kappa shape index (κ1) is 7.16. The molecular formula is C7H9BO2. The molecule has 1 aromatic rings. The van der Waals surface area contributed by atoms with E-state index in [2.05, 4.69) is 0 Å². The average molecular weight is 136 g/mol. The average Bonchev–Trinajstić information content (AvgIpc) is 1.88. The van der Waals surface area contributed by atoms with Crippen LogP contribution in [-0.4, -0.2) is 18.1 Å². The lowest BCUT2D eigenvalue weighted by Crippen LogP contribution is -1.93. The van der Waals surface area contributed by atoms with Crippen molar-refractivity contribution < 1.29 is 10.2 Å². The SMILES string of the molecule is BC(O)c1ccc(O)cc1. The third-order valence-corrected chi connectivity index (χ3v) is 1.38. The van der Waals surface area contributed by atoms with E-state index in [4.69, 9.17) is 10.2 Å². The number of hydrogen-bond acceptors (Lipinski definition) is 2. The molecule has 0 fully saturated rings. The highest BCUT2D eigenvalue weighted by Gasteiger charge is 1.98. The molecule has 0 spiro atoms. The third-order valence-electron chi connectivity index (χ3n) is 1.38. The van der Waals surface area contributed by atoms with Gasteiger partial charge in [-0.3, -0.25) is 0 Å². The van der Waals surface area contributed by atoms with Crippen molar-refractivity contribution in [1.82, 2.24) is 0 Å². The minimum atomic E-state index is -0.458. The maximum absolute atomic E-state index is 9.03. The van der Waals surface area contributed by atoms with Gasteiger partial charge in [-0.1, -0.05) is 12.1 Å². The summed E-state index contributed by atoms with van der Waals surface area (Å²) in [6.45, 7) is 0. The number of aliphatic hydroxyl groups is 1. The highest BCUT2D eigenvalue weighted by atomic mass is 16.3. The minimum Gasteiger partial charge on any atom is -0.508 e. The number of rotatable bonds is 1. The zero-order chi connectivity index (χ0) is 7.56. The van der Waals surface area contributed by atoms with Gasteiger partial charge in [0.1, 0.15) is 13.6 Å². The number of benzene rings is 1. The summed E-state index contributed by atoms with van der Waals surface area (Å²) in [5.41, 5.74) is 0.817. The van der Waals surface area contributed by atoms with E-state index in [-0.39, 0.29) is 5.75 Å². The topological polar surface area (TPSA) is 40.5 Å². The monoisotopic (exact) mass is 136 g/mol. The molecule has 0 radical (unpaired) electrons. The Morgan fingerprint density at radius 3 is 2.10 bits per heavy atom. The molecule has 2 N–H and O–H groups in total. The van der Waals surface area contributed by atoms with Crippen LogP contribution in [0.5, 0.6) is 5.75 Å². The van der Waals surface area contributed by atoms with Gasteiger partial charge in [-0.25, -0.2) is 0 Å². The first-order chi connectivity index (χ1) is 4.70. The standard InChI is InChI=1S/C7H9BO2/c8-7(10)5-1-3-6(9)4-2-5/h1-4,7,9-10H,8H2. The molecule has 0 saturated heterocycles. The Balaban J connectivity index is 2.89. The van der Waals surface area contributed by atoms with Gasteiger partial charge in [-0.2, -0.15) is 0 Å². The summed E-state index contributed by atoms with van der Waals surface area (Å²) >= 11 is 0. The smallest absolute Gasteiger partial charge is 0.144 e. The van der Waals surface area contributed by atoms with Crippen LogP contribution in [0.2, 0.25) is 0 Å². The molecule has 0 heterocycles. The van der Waals surface area contributed by atoms with Gasteiger partial charge in [0, 0.05) is 6.00 Å². The Kier molecular flexibility index (Phi) is 1.97. The summed E-state index contributed by atoms with van der Waals surface area (Å²) in [6, 6.07) is 6.05. The Labute approximate surface area is 60.5 Å². The molecule has 10 heavy (non-hydrogen) atoms. The second-order valence-electron chi connectivity index (χ2n) is 2.27. The Hall–Kier alpha value is -0.955. The molecule has 0 aliphatic carbocycles. The lowest BCUT2D eigenvalue weighted by atomic mass is 9.93. The number of phenols is 1. The van der Waals surface area contributed by atoms with Crippen molar-refractivity contribution in [1.29, 1.82) is 0 Å². The highest BCUT2D eigenvalue weighted by molar-refractivity contribution is 6.11. The Morgan fingerprint density at radius 1 is 1.20 bits per heavy atom. The van der Waals surface area contributed by atoms with Crippen LogP contribution in [0.4, 0.5) is 0 Å². The quantitative estimate of drug-likeness (QED) is 0.534. The molecule has 1 unspecified atom stereocenters. The fraction of sp³-hybridized carbons (Fsp3) is 0.143. The van der Waals surface area contributed by atoms with Crippen molar-refractivity contribution in [3.8, 4) is 5.75 Å². The fourth-order valence-corrected chi connectivity index (χ4v) is 0.753. The molecular weight excluding hydrogens is 127 g/mol. The summed E-state index contributed by atoms with van der Waals surface area (Å²) < 4.78 is 0. The first-order valence-corrected chi connectivity index (χ1v) is 3.17. The molecule has 1 aromatic carbocycles. The van der Waals surface area contributed by atoms with Crippen molar-refractivity contribution in [2.45, 2.75) is 6.00 Å². The summed E-state index contributed by atoms with van der Waals surface area (Å²) in [7, 11) is 1.69. The summed E-state index contributed by atoms with van der Waals surface area (Å²) in [5.74, 6) is 0.226. The van der Waals surface area contributed by atoms with Crippen molar-refractivity contribution in [3.63, 3.8) is 0 Å². The lowest BCUT2D eigenvalue weighted by molar-refractivity contribution is 0.262. The number of aromatic hydroxyl groups is 1. The van der Waals surface area contributed by atoms with Gasteiger partial charge in [-0.05, 0) is 17.7 Å². The van der Waals surface area contributed by atoms with Gasteiger partial charge in [0.05, 0.1) is 0 Å². The normalized spacial score (nSPS) is 12.9. The molecule has 0 aliphatic heterocycles. The van der Waals surface area contributed by atoms with Gasteiger partial charge in [0.25, 0.3) is 0 Å². The van der Waals surface area contributed by atoms with Crippen LogP contribution >= 0.6 is 0 Å². The van der Waals surface area contributed by atoms with Crippen LogP contribution in [0, 0.1) is 0 Å². The van der Waals surface area contributed by atoms with E-state index < -0.39 is 6.00 Å². The maximum Gasteiger partial charge on any atom is 0.144 e. The predicted octanol–water partition coefficient (Wildman–Crippen LogP) is 0.0162. The summed E-state index contributed by atoms with van der Waals surface area (Å²) in [6.07, 6.45) is 0. The molecule has 0 amide bonds. The predicted molar refractivity (Wildman–Crippen MR) is 41.6 cm³/mol. The van der Waals surface area contributed by atoms with Gasteiger partial charge < -0.3 is 10.2 Å². The maximum atomic E-state index is 9.03. The van der Waals surface area contributed by atoms with Crippen molar-refractivity contribution in [3.05, 3.63) is 29.8 Å². The molecule has 52 valence electrons. The Bertz CT molecular complexity index is 205. The minimum absolute atomic E-state index is 0.226. The van der Waals surface area contributed by atoms with Gasteiger partial charge in [0.2, 0.25) is 0 Å². The van der Waals surface area contributed by atoms with Crippen LogP contribution in [0.1, 0.15) is 11.6 Å². The van der Waals surface area contributed by atoms with Crippen LogP contribution in [0.3, 0.4) is 0 Å². The number of phenolic OH excluding ortho intramolecular Hbond substituents is 1. The van der Waals surface area contributed by atoms with Crippen LogP contribution in [0.25, 0.3) is 0 Å². The van der Waals surface area contributed by atoms with Crippen LogP contribution in [-0.2, 0) is 0 Å². The largest absolute Gasteiger partial charge is 0.508 e. The highest BCUT2D eigenvalue weighted by Crippen LogP contribution is 2.13. The van der Waals surface area contributed by atoms with Gasteiger partial charge in [-0.15, -0.1) is 0 Å². The van der Waals surface area contributed by atoms with Crippen molar-refractivity contribution >= 4 is 7.85 Å².